The molecule has 4 nitrogen and oxygen atoms in total. The number of carboxylic acids is 2. The Morgan fingerprint density at radius 1 is 0.889 bits per heavy atom. The molecule has 2 N–H and O–H groups in total. The van der Waals surface area contributed by atoms with Gasteiger partial charge in [0.25, 0.3) is 0 Å². The van der Waals surface area contributed by atoms with Crippen LogP contribution >= 0.6 is 0 Å². The van der Waals surface area contributed by atoms with Crippen molar-refractivity contribution in [2.45, 2.75) is 66.2 Å². The zero-order valence-corrected chi connectivity index (χ0v) is 12.0. The smallest absolute Gasteiger partial charge is 0.321 e. The number of aliphatic carboxylic acids is 2. The van der Waals surface area contributed by atoms with Crippen LogP contribution < -0.4 is 0 Å². The lowest BCUT2D eigenvalue weighted by molar-refractivity contribution is -0.178. The maximum Gasteiger partial charge on any atom is 0.321 e. The summed E-state index contributed by atoms with van der Waals surface area (Å²) in [5, 5.41) is 19.0. The van der Waals surface area contributed by atoms with Crippen LogP contribution in [0.15, 0.2) is 0 Å². The molecule has 0 bridgehead atoms. The first-order valence-corrected chi connectivity index (χ1v) is 6.85. The SMILES string of the molecule is CCCCC(CC)(CC)C(CC)(C(=O)O)C(=O)O. The number of rotatable bonds is 9. The van der Waals surface area contributed by atoms with Crippen molar-refractivity contribution in [3.8, 4) is 0 Å². The zero-order chi connectivity index (χ0) is 14.4. The normalized spacial score (nSPS) is 12.4. The van der Waals surface area contributed by atoms with E-state index in [9.17, 15) is 19.8 Å². The highest BCUT2D eigenvalue weighted by atomic mass is 16.4. The van der Waals surface area contributed by atoms with Crippen molar-refractivity contribution in [3.63, 3.8) is 0 Å². The molecule has 0 atom stereocenters. The standard InChI is InChI=1S/C14H26O4/c1-5-9-10-13(6-2,7-3)14(8-4,11(15)16)12(17)18/h5-10H2,1-4H3,(H,15,16)(H,17,18). The zero-order valence-electron chi connectivity index (χ0n) is 12.0. The molecule has 106 valence electrons. The van der Waals surface area contributed by atoms with E-state index in [1.54, 1.807) is 6.92 Å². The second-order valence-electron chi connectivity index (χ2n) is 4.96. The lowest BCUT2D eigenvalue weighted by atomic mass is 9.57. The van der Waals surface area contributed by atoms with Gasteiger partial charge in [-0.05, 0) is 31.1 Å². The lowest BCUT2D eigenvalue weighted by Gasteiger charge is -2.44. The van der Waals surface area contributed by atoms with Gasteiger partial charge >= 0.3 is 11.9 Å². The first-order valence-electron chi connectivity index (χ1n) is 6.85. The van der Waals surface area contributed by atoms with Crippen molar-refractivity contribution in [2.24, 2.45) is 10.8 Å². The number of carboxylic acid groups (broad SMARTS) is 2. The average molecular weight is 258 g/mol. The molecule has 0 heterocycles. The Balaban J connectivity index is 5.75. The van der Waals surface area contributed by atoms with Crippen LogP contribution in [0.2, 0.25) is 0 Å². The van der Waals surface area contributed by atoms with E-state index in [4.69, 9.17) is 0 Å². The molecule has 0 aromatic carbocycles. The van der Waals surface area contributed by atoms with Gasteiger partial charge in [-0.3, -0.25) is 9.59 Å². The van der Waals surface area contributed by atoms with Crippen LogP contribution in [0.1, 0.15) is 66.2 Å². The predicted molar refractivity (Wildman–Crippen MR) is 70.5 cm³/mol. The molecule has 0 unspecified atom stereocenters. The van der Waals surface area contributed by atoms with Gasteiger partial charge in [0, 0.05) is 0 Å². The van der Waals surface area contributed by atoms with Crippen molar-refractivity contribution in [2.75, 3.05) is 0 Å². The summed E-state index contributed by atoms with van der Waals surface area (Å²) >= 11 is 0. The number of hydrogen-bond acceptors (Lipinski definition) is 2. The van der Waals surface area contributed by atoms with E-state index in [0.717, 1.165) is 12.8 Å². The van der Waals surface area contributed by atoms with E-state index in [1.807, 2.05) is 20.8 Å². The fraction of sp³-hybridized carbons (Fsp3) is 0.857. The van der Waals surface area contributed by atoms with Gasteiger partial charge in [-0.2, -0.15) is 0 Å². The van der Waals surface area contributed by atoms with Crippen molar-refractivity contribution in [3.05, 3.63) is 0 Å². The third-order valence-corrected chi connectivity index (χ3v) is 4.53. The molecule has 0 aromatic rings. The molecular weight excluding hydrogens is 232 g/mol. The van der Waals surface area contributed by atoms with Gasteiger partial charge in [-0.25, -0.2) is 0 Å². The highest BCUT2D eigenvalue weighted by Gasteiger charge is 2.58. The Morgan fingerprint density at radius 3 is 1.56 bits per heavy atom. The van der Waals surface area contributed by atoms with E-state index in [1.165, 1.54) is 0 Å². The predicted octanol–water partition coefficient (Wildman–Crippen LogP) is 3.55. The van der Waals surface area contributed by atoms with Crippen molar-refractivity contribution in [1.29, 1.82) is 0 Å². The maximum absolute atomic E-state index is 11.6. The molecule has 4 heteroatoms. The van der Waals surface area contributed by atoms with E-state index >= 15 is 0 Å². The number of unbranched alkanes of at least 4 members (excludes halogenated alkanes) is 1. The van der Waals surface area contributed by atoms with Crippen LogP contribution in [0.25, 0.3) is 0 Å². The quantitative estimate of drug-likeness (QED) is 0.620. The number of carbonyl (C=O) groups is 2. The average Bonchev–Trinajstić information content (AvgIpc) is 2.34. The van der Waals surface area contributed by atoms with Gasteiger partial charge in [-0.15, -0.1) is 0 Å². The summed E-state index contributed by atoms with van der Waals surface area (Å²) in [6.45, 7) is 7.49. The van der Waals surface area contributed by atoms with Gasteiger partial charge in [0.15, 0.2) is 5.41 Å². The summed E-state index contributed by atoms with van der Waals surface area (Å²) < 4.78 is 0. The molecule has 0 saturated carbocycles. The lowest BCUT2D eigenvalue weighted by Crippen LogP contribution is -2.52. The van der Waals surface area contributed by atoms with Gasteiger partial charge < -0.3 is 10.2 Å². The topological polar surface area (TPSA) is 74.6 Å². The number of hydrogen-bond donors (Lipinski definition) is 2. The molecule has 0 spiro atoms. The molecular formula is C14H26O4. The molecule has 0 saturated heterocycles. The van der Waals surface area contributed by atoms with Crippen LogP contribution in [0.5, 0.6) is 0 Å². The van der Waals surface area contributed by atoms with Gasteiger partial charge in [-0.1, -0.05) is 40.5 Å². The Morgan fingerprint density at radius 2 is 1.33 bits per heavy atom. The molecule has 0 aliphatic heterocycles. The van der Waals surface area contributed by atoms with Gasteiger partial charge in [0.2, 0.25) is 0 Å². The summed E-state index contributed by atoms with van der Waals surface area (Å²) in [6.07, 6.45) is 3.75. The van der Waals surface area contributed by atoms with Crippen LogP contribution in [0.4, 0.5) is 0 Å². The molecule has 0 radical (unpaired) electrons. The molecule has 0 rings (SSSR count). The summed E-state index contributed by atoms with van der Waals surface area (Å²) in [4.78, 5) is 23.3. The van der Waals surface area contributed by atoms with E-state index < -0.39 is 22.8 Å². The fourth-order valence-electron chi connectivity index (χ4n) is 3.16. The van der Waals surface area contributed by atoms with Crippen LogP contribution in [0, 0.1) is 10.8 Å². The first kappa shape index (κ1) is 16.9. The van der Waals surface area contributed by atoms with Crippen LogP contribution in [0.3, 0.4) is 0 Å². The largest absolute Gasteiger partial charge is 0.480 e. The Kier molecular flexibility index (Phi) is 6.36. The molecule has 0 amide bonds. The Labute approximate surface area is 109 Å². The van der Waals surface area contributed by atoms with E-state index in [0.29, 0.717) is 19.3 Å². The monoisotopic (exact) mass is 258 g/mol. The second kappa shape index (κ2) is 6.76. The summed E-state index contributed by atoms with van der Waals surface area (Å²) in [6, 6.07) is 0. The highest BCUT2D eigenvalue weighted by molar-refractivity contribution is 5.99. The molecule has 0 aliphatic rings. The van der Waals surface area contributed by atoms with Gasteiger partial charge in [0.1, 0.15) is 0 Å². The van der Waals surface area contributed by atoms with Gasteiger partial charge in [0.05, 0.1) is 0 Å². The van der Waals surface area contributed by atoms with Crippen molar-refractivity contribution in [1.82, 2.24) is 0 Å². The molecule has 0 aromatic heterocycles. The van der Waals surface area contributed by atoms with Crippen molar-refractivity contribution >= 4 is 11.9 Å². The van der Waals surface area contributed by atoms with Crippen molar-refractivity contribution < 1.29 is 19.8 Å². The fourth-order valence-corrected chi connectivity index (χ4v) is 3.16. The molecule has 18 heavy (non-hydrogen) atoms. The Hall–Kier alpha value is -1.06. The minimum Gasteiger partial charge on any atom is -0.480 e. The van der Waals surface area contributed by atoms with E-state index in [2.05, 4.69) is 0 Å². The summed E-state index contributed by atoms with van der Waals surface area (Å²) in [5.41, 5.74) is -2.32. The third-order valence-electron chi connectivity index (χ3n) is 4.53. The second-order valence-corrected chi connectivity index (χ2v) is 4.96. The van der Waals surface area contributed by atoms with Crippen LogP contribution in [-0.2, 0) is 9.59 Å². The first-order chi connectivity index (χ1) is 8.38. The minimum absolute atomic E-state index is 0.128. The van der Waals surface area contributed by atoms with Crippen LogP contribution in [-0.4, -0.2) is 22.2 Å². The molecule has 0 aliphatic carbocycles. The molecule has 0 fully saturated rings. The highest BCUT2D eigenvalue weighted by Crippen LogP contribution is 2.51. The summed E-state index contributed by atoms with van der Waals surface area (Å²) in [5.74, 6) is -2.39. The van der Waals surface area contributed by atoms with E-state index in [-0.39, 0.29) is 6.42 Å². The summed E-state index contributed by atoms with van der Waals surface area (Å²) in [7, 11) is 0. The third kappa shape index (κ3) is 2.52. The minimum atomic E-state index is -1.66. The Bertz CT molecular complexity index is 278. The maximum atomic E-state index is 11.6.